The lowest BCUT2D eigenvalue weighted by Crippen LogP contribution is -2.23. The van der Waals surface area contributed by atoms with Crippen LogP contribution in [0.1, 0.15) is 16.7 Å². The van der Waals surface area contributed by atoms with Crippen molar-refractivity contribution in [2.45, 2.75) is 24.3 Å². The Balaban J connectivity index is 3.50. The zero-order chi connectivity index (χ0) is 16.4. The van der Waals surface area contributed by atoms with Gasteiger partial charge in [0.15, 0.2) is 0 Å². The van der Waals surface area contributed by atoms with Crippen LogP contribution in [-0.2, 0) is 22.7 Å². The normalized spacial score (nSPS) is 12.3. The molecule has 0 spiro atoms. The molecule has 1 heterocycles. The van der Waals surface area contributed by atoms with Gasteiger partial charge >= 0.3 is 18.5 Å². The standard InChI is InChI=1S/C10H6BrF6NO3/c11-2-5-4(1-6(19)20)3-18-8(21-10(15,16)17)7(5)9(12,13)14/h3H,1-2H2,(H,19,20). The summed E-state index contributed by atoms with van der Waals surface area (Å²) in [5.41, 5.74) is -2.78. The van der Waals surface area contributed by atoms with Crippen molar-refractivity contribution in [3.63, 3.8) is 0 Å². The van der Waals surface area contributed by atoms with E-state index in [4.69, 9.17) is 5.11 Å². The topological polar surface area (TPSA) is 59.4 Å². The molecule has 0 radical (unpaired) electrons. The number of hydrogen-bond acceptors (Lipinski definition) is 3. The van der Waals surface area contributed by atoms with E-state index in [1.165, 1.54) is 0 Å². The van der Waals surface area contributed by atoms with Gasteiger partial charge in [0.2, 0.25) is 5.88 Å². The number of alkyl halides is 7. The molecule has 0 amide bonds. The molecule has 0 aliphatic heterocycles. The number of hydrogen-bond donors (Lipinski definition) is 1. The highest BCUT2D eigenvalue weighted by molar-refractivity contribution is 9.08. The molecule has 0 saturated carbocycles. The summed E-state index contributed by atoms with van der Waals surface area (Å²) in [5.74, 6) is -3.12. The molecule has 11 heteroatoms. The molecule has 1 aromatic heterocycles. The number of carboxylic acids is 1. The molecule has 0 aliphatic carbocycles. The number of nitrogens with zero attached hydrogens (tertiary/aromatic N) is 1. The molecule has 1 N–H and O–H groups in total. The van der Waals surface area contributed by atoms with Crippen molar-refractivity contribution >= 4 is 21.9 Å². The molecule has 0 atom stereocenters. The number of rotatable bonds is 4. The highest BCUT2D eigenvalue weighted by Crippen LogP contribution is 2.41. The highest BCUT2D eigenvalue weighted by Gasteiger charge is 2.43. The van der Waals surface area contributed by atoms with E-state index in [-0.39, 0.29) is 5.56 Å². The Morgan fingerprint density at radius 1 is 1.29 bits per heavy atom. The monoisotopic (exact) mass is 381 g/mol. The SMILES string of the molecule is O=C(O)Cc1cnc(OC(F)(F)F)c(C(F)(F)F)c1CBr. The molecule has 1 rings (SSSR count). The van der Waals surface area contributed by atoms with Crippen molar-refractivity contribution in [3.8, 4) is 5.88 Å². The van der Waals surface area contributed by atoms with Crippen LogP contribution in [0.5, 0.6) is 5.88 Å². The minimum absolute atomic E-state index is 0.360. The molecule has 0 unspecified atom stereocenters. The predicted molar refractivity (Wildman–Crippen MR) is 59.9 cm³/mol. The zero-order valence-corrected chi connectivity index (χ0v) is 11.4. The summed E-state index contributed by atoms with van der Waals surface area (Å²) in [5, 5.41) is 8.09. The third kappa shape index (κ3) is 4.76. The number of carboxylic acid groups (broad SMARTS) is 1. The molecule has 0 aromatic carbocycles. The molecule has 1 aromatic rings. The number of carbonyl (C=O) groups is 1. The van der Waals surface area contributed by atoms with Gasteiger partial charge in [-0.3, -0.25) is 4.79 Å². The number of halogens is 7. The van der Waals surface area contributed by atoms with E-state index in [1.54, 1.807) is 0 Å². The zero-order valence-electron chi connectivity index (χ0n) is 9.85. The second kappa shape index (κ2) is 6.08. The average Bonchev–Trinajstić information content (AvgIpc) is 2.26. The molecule has 4 nitrogen and oxygen atoms in total. The van der Waals surface area contributed by atoms with Crippen molar-refractivity contribution < 1.29 is 41.0 Å². The Bertz CT molecular complexity index is 543. The summed E-state index contributed by atoms with van der Waals surface area (Å²) in [6.45, 7) is 0. The Kier molecular flexibility index (Phi) is 5.07. The van der Waals surface area contributed by atoms with E-state index >= 15 is 0 Å². The van der Waals surface area contributed by atoms with Crippen LogP contribution >= 0.6 is 15.9 Å². The van der Waals surface area contributed by atoms with Gasteiger partial charge in [0.25, 0.3) is 0 Å². The largest absolute Gasteiger partial charge is 0.574 e. The van der Waals surface area contributed by atoms with E-state index in [9.17, 15) is 31.1 Å². The van der Waals surface area contributed by atoms with E-state index in [0.29, 0.717) is 6.20 Å². The Morgan fingerprint density at radius 2 is 1.86 bits per heavy atom. The summed E-state index contributed by atoms with van der Waals surface area (Å²) < 4.78 is 78.4. The number of ether oxygens (including phenoxy) is 1. The van der Waals surface area contributed by atoms with Crippen molar-refractivity contribution in [1.82, 2.24) is 4.98 Å². The van der Waals surface area contributed by atoms with Gasteiger partial charge in [-0.05, 0) is 11.1 Å². The Morgan fingerprint density at radius 3 is 2.24 bits per heavy atom. The van der Waals surface area contributed by atoms with Gasteiger partial charge in [0.05, 0.1) is 6.42 Å². The van der Waals surface area contributed by atoms with Crippen LogP contribution in [0, 0.1) is 0 Å². The lowest BCUT2D eigenvalue weighted by molar-refractivity contribution is -0.278. The van der Waals surface area contributed by atoms with E-state index in [2.05, 4.69) is 25.7 Å². The van der Waals surface area contributed by atoms with E-state index in [1.807, 2.05) is 0 Å². The van der Waals surface area contributed by atoms with Crippen LogP contribution in [0.25, 0.3) is 0 Å². The third-order valence-electron chi connectivity index (χ3n) is 2.21. The summed E-state index contributed by atoms with van der Waals surface area (Å²) in [6.07, 6.45) is -10.7. The van der Waals surface area contributed by atoms with Crippen molar-refractivity contribution in [2.24, 2.45) is 0 Å². The first-order chi connectivity index (χ1) is 9.45. The summed E-state index contributed by atoms with van der Waals surface area (Å²) >= 11 is 2.70. The second-order valence-corrected chi connectivity index (χ2v) is 4.25. The van der Waals surface area contributed by atoms with Gasteiger partial charge in [-0.1, -0.05) is 15.9 Å². The van der Waals surface area contributed by atoms with Gasteiger partial charge in [-0.25, -0.2) is 4.98 Å². The molecule has 0 bridgehead atoms. The van der Waals surface area contributed by atoms with Gasteiger partial charge in [0, 0.05) is 11.5 Å². The molecule has 0 aliphatic rings. The molecular weight excluding hydrogens is 376 g/mol. The quantitative estimate of drug-likeness (QED) is 0.640. The first kappa shape index (κ1) is 17.5. The number of pyridine rings is 1. The van der Waals surface area contributed by atoms with Crippen LogP contribution in [0.2, 0.25) is 0 Å². The molecule has 118 valence electrons. The van der Waals surface area contributed by atoms with Crippen LogP contribution in [0.15, 0.2) is 6.20 Å². The predicted octanol–water partition coefficient (Wildman–Crippen LogP) is 3.52. The fourth-order valence-corrected chi connectivity index (χ4v) is 2.16. The minimum atomic E-state index is -5.36. The second-order valence-electron chi connectivity index (χ2n) is 3.69. The molecule has 0 fully saturated rings. The molecule has 21 heavy (non-hydrogen) atoms. The fraction of sp³-hybridized carbons (Fsp3) is 0.400. The Hall–Kier alpha value is -1.52. The maximum atomic E-state index is 12.9. The average molecular weight is 382 g/mol. The van der Waals surface area contributed by atoms with Crippen LogP contribution in [0.3, 0.4) is 0 Å². The van der Waals surface area contributed by atoms with Crippen LogP contribution < -0.4 is 4.74 Å². The number of aliphatic carboxylic acids is 1. The van der Waals surface area contributed by atoms with Crippen molar-refractivity contribution in [3.05, 3.63) is 22.9 Å². The van der Waals surface area contributed by atoms with Crippen LogP contribution in [-0.4, -0.2) is 22.4 Å². The van der Waals surface area contributed by atoms with E-state index < -0.39 is 47.3 Å². The van der Waals surface area contributed by atoms with E-state index in [0.717, 1.165) is 0 Å². The summed E-state index contributed by atoms with van der Waals surface area (Å²) in [4.78, 5) is 13.5. The first-order valence-electron chi connectivity index (χ1n) is 5.07. The minimum Gasteiger partial charge on any atom is -0.481 e. The third-order valence-corrected chi connectivity index (χ3v) is 2.77. The fourth-order valence-electron chi connectivity index (χ4n) is 1.52. The molecular formula is C10H6BrF6NO3. The van der Waals surface area contributed by atoms with Crippen LogP contribution in [0.4, 0.5) is 26.3 Å². The maximum absolute atomic E-state index is 12.9. The van der Waals surface area contributed by atoms with Crippen molar-refractivity contribution in [1.29, 1.82) is 0 Å². The number of aromatic nitrogens is 1. The summed E-state index contributed by atoms with van der Waals surface area (Å²) in [7, 11) is 0. The lowest BCUT2D eigenvalue weighted by Gasteiger charge is -2.18. The molecule has 0 saturated heterocycles. The van der Waals surface area contributed by atoms with Gasteiger partial charge in [-0.2, -0.15) is 13.2 Å². The van der Waals surface area contributed by atoms with Crippen molar-refractivity contribution in [2.75, 3.05) is 0 Å². The highest BCUT2D eigenvalue weighted by atomic mass is 79.9. The lowest BCUT2D eigenvalue weighted by atomic mass is 10.0. The van der Waals surface area contributed by atoms with Gasteiger partial charge < -0.3 is 9.84 Å². The van der Waals surface area contributed by atoms with Gasteiger partial charge in [-0.15, -0.1) is 13.2 Å². The van der Waals surface area contributed by atoms with Gasteiger partial charge in [0.1, 0.15) is 5.56 Å². The first-order valence-corrected chi connectivity index (χ1v) is 6.19. The summed E-state index contributed by atoms with van der Waals surface area (Å²) in [6, 6.07) is 0. The Labute approximate surface area is 121 Å². The maximum Gasteiger partial charge on any atom is 0.574 e. The smallest absolute Gasteiger partial charge is 0.481 e.